The summed E-state index contributed by atoms with van der Waals surface area (Å²) in [6.45, 7) is 1.78. The summed E-state index contributed by atoms with van der Waals surface area (Å²) in [5.74, 6) is 0.913. The molecule has 0 unspecified atom stereocenters. The van der Waals surface area contributed by atoms with Crippen LogP contribution in [0, 0.1) is 5.92 Å². The Bertz CT molecular complexity index is 530. The minimum atomic E-state index is -0.357. The molecule has 0 bridgehead atoms. The lowest BCUT2D eigenvalue weighted by molar-refractivity contribution is -0.143. The number of phenolic OH excluding ortho intramolecular Hbond substituents is 1. The van der Waals surface area contributed by atoms with E-state index in [2.05, 4.69) is 0 Å². The van der Waals surface area contributed by atoms with Gasteiger partial charge in [-0.1, -0.05) is 12.1 Å². The molecule has 5 heteroatoms. The van der Waals surface area contributed by atoms with Crippen LogP contribution in [0.25, 0.3) is 0 Å². The summed E-state index contributed by atoms with van der Waals surface area (Å²) < 4.78 is 5.75. The average molecular weight is 304 g/mol. The van der Waals surface area contributed by atoms with Crippen LogP contribution in [-0.4, -0.2) is 41.2 Å². The number of nitrogens with two attached hydrogens (primary N) is 1. The summed E-state index contributed by atoms with van der Waals surface area (Å²) in [5.41, 5.74) is 6.57. The number of phenols is 1. The second kappa shape index (κ2) is 6.67. The van der Waals surface area contributed by atoms with Crippen LogP contribution in [0.1, 0.15) is 31.2 Å². The molecule has 1 aromatic carbocycles. The maximum Gasteiger partial charge on any atom is 0.252 e. The van der Waals surface area contributed by atoms with E-state index in [1.807, 2.05) is 11.0 Å². The fourth-order valence-corrected chi connectivity index (χ4v) is 2.98. The topological polar surface area (TPSA) is 75.8 Å². The quantitative estimate of drug-likeness (QED) is 0.837. The second-order valence-corrected chi connectivity index (χ2v) is 6.39. The lowest BCUT2D eigenvalue weighted by Gasteiger charge is -2.26. The zero-order valence-corrected chi connectivity index (χ0v) is 12.8. The van der Waals surface area contributed by atoms with Gasteiger partial charge in [0.25, 0.3) is 5.91 Å². The summed E-state index contributed by atoms with van der Waals surface area (Å²) >= 11 is 0. The third-order valence-electron chi connectivity index (χ3n) is 4.42. The summed E-state index contributed by atoms with van der Waals surface area (Å²) in [5, 5.41) is 9.59. The molecule has 1 aromatic rings. The lowest BCUT2D eigenvalue weighted by atomic mass is 10.1. The Morgan fingerprint density at radius 1 is 1.32 bits per heavy atom. The monoisotopic (exact) mass is 304 g/mol. The number of carbonyl (C=O) groups excluding carboxylic acids is 1. The van der Waals surface area contributed by atoms with Gasteiger partial charge in [0.2, 0.25) is 0 Å². The summed E-state index contributed by atoms with van der Waals surface area (Å²) in [7, 11) is 0. The number of rotatable bonds is 6. The highest BCUT2D eigenvalue weighted by atomic mass is 16.5. The number of hydrogen-bond acceptors (Lipinski definition) is 4. The highest BCUT2D eigenvalue weighted by molar-refractivity contribution is 5.81. The Morgan fingerprint density at radius 3 is 2.77 bits per heavy atom. The Morgan fingerprint density at radius 2 is 2.14 bits per heavy atom. The van der Waals surface area contributed by atoms with Gasteiger partial charge in [0.1, 0.15) is 11.9 Å². The van der Waals surface area contributed by atoms with Crippen molar-refractivity contribution in [2.45, 2.75) is 44.4 Å². The van der Waals surface area contributed by atoms with Gasteiger partial charge in [-0.15, -0.1) is 0 Å². The van der Waals surface area contributed by atoms with Crippen LogP contribution in [0.3, 0.4) is 0 Å². The Hall–Kier alpha value is -1.59. The van der Waals surface area contributed by atoms with Crippen molar-refractivity contribution in [1.82, 2.24) is 4.90 Å². The first-order chi connectivity index (χ1) is 10.7. The van der Waals surface area contributed by atoms with E-state index in [4.69, 9.17) is 10.5 Å². The van der Waals surface area contributed by atoms with Crippen LogP contribution in [0.2, 0.25) is 0 Å². The molecule has 1 saturated carbocycles. The molecule has 22 heavy (non-hydrogen) atoms. The smallest absolute Gasteiger partial charge is 0.252 e. The SMILES string of the molecule is NC[C@H]1CC[C@@H](C(=O)N(Cc2cccc(O)c2)CC2CC2)O1. The van der Waals surface area contributed by atoms with Gasteiger partial charge in [-0.3, -0.25) is 4.79 Å². The van der Waals surface area contributed by atoms with Crippen molar-refractivity contribution in [1.29, 1.82) is 0 Å². The van der Waals surface area contributed by atoms with Crippen LogP contribution >= 0.6 is 0 Å². The van der Waals surface area contributed by atoms with Crippen molar-refractivity contribution in [2.24, 2.45) is 11.7 Å². The number of hydrogen-bond donors (Lipinski definition) is 2. The highest BCUT2D eigenvalue weighted by Crippen LogP contribution is 2.31. The van der Waals surface area contributed by atoms with E-state index in [-0.39, 0.29) is 23.9 Å². The van der Waals surface area contributed by atoms with Gasteiger partial charge in [-0.05, 0) is 49.3 Å². The van der Waals surface area contributed by atoms with E-state index in [1.165, 1.54) is 12.8 Å². The first-order valence-electron chi connectivity index (χ1n) is 8.08. The van der Waals surface area contributed by atoms with Crippen LogP contribution < -0.4 is 5.73 Å². The van der Waals surface area contributed by atoms with Crippen molar-refractivity contribution in [3.05, 3.63) is 29.8 Å². The second-order valence-electron chi connectivity index (χ2n) is 6.39. The van der Waals surface area contributed by atoms with Crippen molar-refractivity contribution >= 4 is 5.91 Å². The molecule has 1 amide bonds. The molecule has 0 aromatic heterocycles. The molecule has 3 rings (SSSR count). The van der Waals surface area contributed by atoms with Crippen molar-refractivity contribution in [3.63, 3.8) is 0 Å². The molecule has 1 aliphatic carbocycles. The van der Waals surface area contributed by atoms with Crippen LogP contribution in [0.5, 0.6) is 5.75 Å². The molecule has 2 aliphatic rings. The molecule has 2 fully saturated rings. The van der Waals surface area contributed by atoms with Crippen LogP contribution in [0.4, 0.5) is 0 Å². The zero-order chi connectivity index (χ0) is 15.5. The molecule has 2 atom stereocenters. The van der Waals surface area contributed by atoms with Gasteiger partial charge in [-0.25, -0.2) is 0 Å². The Balaban J connectivity index is 1.67. The number of carbonyl (C=O) groups is 1. The summed E-state index contributed by atoms with van der Waals surface area (Å²) in [6, 6.07) is 7.10. The van der Waals surface area contributed by atoms with E-state index in [0.29, 0.717) is 19.0 Å². The maximum absolute atomic E-state index is 12.8. The summed E-state index contributed by atoms with van der Waals surface area (Å²) in [4.78, 5) is 14.6. The molecular weight excluding hydrogens is 280 g/mol. The maximum atomic E-state index is 12.8. The molecule has 0 radical (unpaired) electrons. The number of amides is 1. The molecule has 1 heterocycles. The Labute approximate surface area is 131 Å². The highest BCUT2D eigenvalue weighted by Gasteiger charge is 2.35. The minimum absolute atomic E-state index is 0.0116. The largest absolute Gasteiger partial charge is 0.508 e. The van der Waals surface area contributed by atoms with Crippen LogP contribution in [-0.2, 0) is 16.1 Å². The zero-order valence-electron chi connectivity index (χ0n) is 12.8. The molecule has 120 valence electrons. The lowest BCUT2D eigenvalue weighted by Crippen LogP contribution is -2.40. The predicted molar refractivity (Wildman–Crippen MR) is 83.2 cm³/mol. The average Bonchev–Trinajstić information content (AvgIpc) is 3.19. The van der Waals surface area contributed by atoms with Gasteiger partial charge < -0.3 is 20.5 Å². The van der Waals surface area contributed by atoms with E-state index in [1.54, 1.807) is 18.2 Å². The van der Waals surface area contributed by atoms with Gasteiger partial charge in [0.15, 0.2) is 0 Å². The van der Waals surface area contributed by atoms with Gasteiger partial charge in [0, 0.05) is 19.6 Å². The first kappa shape index (κ1) is 15.3. The molecule has 1 aliphatic heterocycles. The number of aromatic hydroxyl groups is 1. The normalized spacial score (nSPS) is 24.4. The van der Waals surface area contributed by atoms with E-state index in [9.17, 15) is 9.90 Å². The van der Waals surface area contributed by atoms with E-state index < -0.39 is 0 Å². The first-order valence-corrected chi connectivity index (χ1v) is 8.08. The number of ether oxygens (including phenoxy) is 1. The molecular formula is C17H24N2O3. The number of benzene rings is 1. The van der Waals surface area contributed by atoms with Crippen molar-refractivity contribution in [3.8, 4) is 5.75 Å². The van der Waals surface area contributed by atoms with E-state index in [0.717, 1.165) is 24.9 Å². The third kappa shape index (κ3) is 3.78. The van der Waals surface area contributed by atoms with Crippen molar-refractivity contribution in [2.75, 3.05) is 13.1 Å². The summed E-state index contributed by atoms with van der Waals surface area (Å²) in [6.07, 6.45) is 3.65. The molecule has 5 nitrogen and oxygen atoms in total. The van der Waals surface area contributed by atoms with E-state index >= 15 is 0 Å². The fourth-order valence-electron chi connectivity index (χ4n) is 2.98. The van der Waals surface area contributed by atoms with Crippen LogP contribution in [0.15, 0.2) is 24.3 Å². The third-order valence-corrected chi connectivity index (χ3v) is 4.42. The minimum Gasteiger partial charge on any atom is -0.508 e. The van der Waals surface area contributed by atoms with Gasteiger partial charge in [0.05, 0.1) is 6.10 Å². The van der Waals surface area contributed by atoms with Gasteiger partial charge >= 0.3 is 0 Å². The molecule has 0 spiro atoms. The number of nitrogens with zero attached hydrogens (tertiary/aromatic N) is 1. The predicted octanol–water partition coefficient (Wildman–Crippen LogP) is 1.64. The molecule has 3 N–H and O–H groups in total. The standard InChI is InChI=1S/C17H24N2O3/c18-9-15-6-7-16(22-15)17(21)19(10-12-4-5-12)11-13-2-1-3-14(20)8-13/h1-3,8,12,15-16,20H,4-7,9-11,18H2/t15-,16+/m1/s1. The Kier molecular flexibility index (Phi) is 4.64. The molecule has 1 saturated heterocycles. The fraction of sp³-hybridized carbons (Fsp3) is 0.588. The van der Waals surface area contributed by atoms with Gasteiger partial charge in [-0.2, -0.15) is 0 Å². The van der Waals surface area contributed by atoms with Crippen molar-refractivity contribution < 1.29 is 14.6 Å².